The molecular weight excluding hydrogens is 376 g/mol. The van der Waals surface area contributed by atoms with Crippen LogP contribution in [0.25, 0.3) is 0 Å². The van der Waals surface area contributed by atoms with Crippen LogP contribution in [0, 0.1) is 3.57 Å². The monoisotopic (exact) mass is 380 g/mol. The zero-order valence-electron chi connectivity index (χ0n) is 6.70. The van der Waals surface area contributed by atoms with Crippen molar-refractivity contribution in [2.24, 2.45) is 0 Å². The quantitative estimate of drug-likeness (QED) is 0.738. The Balaban J connectivity index is 3.40. The van der Waals surface area contributed by atoms with Crippen molar-refractivity contribution >= 4 is 38.5 Å². The molecule has 1 rings (SSSR count). The van der Waals surface area contributed by atoms with Crippen LogP contribution in [0.4, 0.5) is 13.2 Å². The van der Waals surface area contributed by atoms with E-state index in [1.807, 2.05) is 0 Å². The molecule has 6 heteroatoms. The van der Waals surface area contributed by atoms with Crippen molar-refractivity contribution in [3.63, 3.8) is 0 Å². The summed E-state index contributed by atoms with van der Waals surface area (Å²) in [5, 5.41) is 8.82. The average Bonchev–Trinajstić information content (AvgIpc) is 2.01. The van der Waals surface area contributed by atoms with Crippen molar-refractivity contribution in [3.05, 3.63) is 31.3 Å². The Morgan fingerprint density at radius 1 is 1.36 bits per heavy atom. The van der Waals surface area contributed by atoms with Crippen LogP contribution in [0.5, 0.6) is 0 Å². The Morgan fingerprint density at radius 2 is 1.93 bits per heavy atom. The van der Waals surface area contributed by atoms with E-state index in [2.05, 4.69) is 15.9 Å². The average molecular weight is 381 g/mol. The van der Waals surface area contributed by atoms with E-state index in [1.165, 1.54) is 6.07 Å². The summed E-state index contributed by atoms with van der Waals surface area (Å²) in [5.41, 5.74) is -0.920. The predicted molar refractivity (Wildman–Crippen MR) is 57.8 cm³/mol. The molecule has 0 fully saturated rings. The van der Waals surface area contributed by atoms with E-state index in [9.17, 15) is 13.2 Å². The van der Waals surface area contributed by atoms with Crippen LogP contribution in [-0.2, 0) is 12.8 Å². The summed E-state index contributed by atoms with van der Waals surface area (Å²) in [6.07, 6.45) is -4.43. The first-order valence-electron chi connectivity index (χ1n) is 3.52. The lowest BCUT2D eigenvalue weighted by Gasteiger charge is -2.13. The highest BCUT2D eigenvalue weighted by atomic mass is 127. The van der Waals surface area contributed by atoms with E-state index in [1.54, 1.807) is 22.6 Å². The zero-order valence-corrected chi connectivity index (χ0v) is 10.4. The van der Waals surface area contributed by atoms with Crippen molar-refractivity contribution in [1.29, 1.82) is 0 Å². The second-order valence-electron chi connectivity index (χ2n) is 2.57. The minimum absolute atomic E-state index is 0.127. The van der Waals surface area contributed by atoms with Crippen LogP contribution in [-0.4, -0.2) is 5.11 Å². The molecule has 0 unspecified atom stereocenters. The molecule has 0 aliphatic rings. The highest BCUT2D eigenvalue weighted by Crippen LogP contribution is 2.36. The van der Waals surface area contributed by atoms with Crippen LogP contribution >= 0.6 is 38.5 Å². The normalized spacial score (nSPS) is 11.9. The van der Waals surface area contributed by atoms with Gasteiger partial charge in [-0.3, -0.25) is 0 Å². The molecular formula is C8H5BrF3IO. The van der Waals surface area contributed by atoms with Gasteiger partial charge in [-0.2, -0.15) is 13.2 Å². The lowest BCUT2D eigenvalue weighted by molar-refractivity contribution is -0.138. The standard InChI is InChI=1S/C8H5BrF3IO/c9-7-2-4(13)1-6(5(7)3-14)8(10,11)12/h1-2,14H,3H2. The molecule has 1 aromatic carbocycles. The van der Waals surface area contributed by atoms with Crippen molar-refractivity contribution in [3.8, 4) is 0 Å². The lowest BCUT2D eigenvalue weighted by Crippen LogP contribution is -2.10. The van der Waals surface area contributed by atoms with Gasteiger partial charge in [-0.1, -0.05) is 15.9 Å². The first-order chi connectivity index (χ1) is 6.36. The Bertz CT molecular complexity index is 351. The van der Waals surface area contributed by atoms with E-state index >= 15 is 0 Å². The first kappa shape index (κ1) is 12.3. The number of hydrogen-bond donors (Lipinski definition) is 1. The third-order valence-corrected chi connectivity index (χ3v) is 2.95. The van der Waals surface area contributed by atoms with Gasteiger partial charge in [-0.05, 0) is 34.7 Å². The molecule has 0 aliphatic carbocycles. The molecule has 78 valence electrons. The van der Waals surface area contributed by atoms with Gasteiger partial charge in [0.15, 0.2) is 0 Å². The van der Waals surface area contributed by atoms with Gasteiger partial charge < -0.3 is 5.11 Å². The predicted octanol–water partition coefficient (Wildman–Crippen LogP) is 3.56. The third-order valence-electron chi connectivity index (χ3n) is 1.62. The SMILES string of the molecule is OCc1c(Br)cc(I)cc1C(F)(F)F. The van der Waals surface area contributed by atoms with Crippen LogP contribution in [0.2, 0.25) is 0 Å². The first-order valence-corrected chi connectivity index (χ1v) is 5.39. The van der Waals surface area contributed by atoms with E-state index < -0.39 is 18.3 Å². The van der Waals surface area contributed by atoms with Gasteiger partial charge in [-0.25, -0.2) is 0 Å². The molecule has 1 nitrogen and oxygen atoms in total. The summed E-state index contributed by atoms with van der Waals surface area (Å²) in [6, 6.07) is 2.54. The summed E-state index contributed by atoms with van der Waals surface area (Å²) in [6.45, 7) is -0.633. The van der Waals surface area contributed by atoms with Crippen LogP contribution in [0.1, 0.15) is 11.1 Å². The molecule has 0 atom stereocenters. The van der Waals surface area contributed by atoms with E-state index in [0.717, 1.165) is 6.07 Å². The molecule has 0 spiro atoms. The molecule has 0 aliphatic heterocycles. The molecule has 0 amide bonds. The molecule has 0 aromatic heterocycles. The molecule has 0 bridgehead atoms. The Labute approximate surface area is 101 Å². The molecule has 0 radical (unpaired) electrons. The van der Waals surface area contributed by atoms with Crippen molar-refractivity contribution in [2.45, 2.75) is 12.8 Å². The highest BCUT2D eigenvalue weighted by Gasteiger charge is 2.34. The van der Waals surface area contributed by atoms with Crippen LogP contribution in [0.15, 0.2) is 16.6 Å². The summed E-state index contributed by atoms with van der Waals surface area (Å²) < 4.78 is 38.1. The van der Waals surface area contributed by atoms with Crippen LogP contribution in [0.3, 0.4) is 0 Å². The lowest BCUT2D eigenvalue weighted by atomic mass is 10.1. The fourth-order valence-corrected chi connectivity index (χ4v) is 2.65. The van der Waals surface area contributed by atoms with Gasteiger partial charge in [0.1, 0.15) is 0 Å². The number of hydrogen-bond acceptors (Lipinski definition) is 1. The van der Waals surface area contributed by atoms with Crippen molar-refractivity contribution in [1.82, 2.24) is 0 Å². The number of halogens is 5. The Hall–Kier alpha value is 0.180. The smallest absolute Gasteiger partial charge is 0.392 e. The zero-order chi connectivity index (χ0) is 10.9. The number of alkyl halides is 3. The maximum atomic E-state index is 12.5. The summed E-state index contributed by atoms with van der Waals surface area (Å²) >= 11 is 4.78. The number of aliphatic hydroxyl groups is 1. The van der Waals surface area contributed by atoms with Gasteiger partial charge in [0.25, 0.3) is 0 Å². The largest absolute Gasteiger partial charge is 0.416 e. The summed E-state index contributed by atoms with van der Waals surface area (Å²) in [4.78, 5) is 0. The molecule has 14 heavy (non-hydrogen) atoms. The Morgan fingerprint density at radius 3 is 2.36 bits per heavy atom. The van der Waals surface area contributed by atoms with Crippen molar-refractivity contribution < 1.29 is 18.3 Å². The Kier molecular flexibility index (Phi) is 3.81. The van der Waals surface area contributed by atoms with Gasteiger partial charge in [0.05, 0.1) is 12.2 Å². The van der Waals surface area contributed by atoms with Gasteiger partial charge in [0, 0.05) is 13.6 Å². The van der Waals surface area contributed by atoms with Gasteiger partial charge in [-0.15, -0.1) is 0 Å². The van der Waals surface area contributed by atoms with E-state index in [-0.39, 0.29) is 10.0 Å². The molecule has 1 N–H and O–H groups in total. The highest BCUT2D eigenvalue weighted by molar-refractivity contribution is 14.1. The van der Waals surface area contributed by atoms with Crippen molar-refractivity contribution in [2.75, 3.05) is 0 Å². The second-order valence-corrected chi connectivity index (χ2v) is 4.67. The fourth-order valence-electron chi connectivity index (χ4n) is 1.02. The minimum Gasteiger partial charge on any atom is -0.392 e. The number of aliphatic hydroxyl groups excluding tert-OH is 1. The van der Waals surface area contributed by atoms with Gasteiger partial charge in [0.2, 0.25) is 0 Å². The third kappa shape index (κ3) is 2.60. The number of benzene rings is 1. The molecule has 1 aromatic rings. The second kappa shape index (κ2) is 4.36. The van der Waals surface area contributed by atoms with Crippen LogP contribution < -0.4 is 0 Å². The molecule has 0 saturated carbocycles. The summed E-state index contributed by atoms with van der Waals surface area (Å²) in [5.74, 6) is 0. The number of rotatable bonds is 1. The molecule has 0 heterocycles. The topological polar surface area (TPSA) is 20.2 Å². The van der Waals surface area contributed by atoms with E-state index in [4.69, 9.17) is 5.11 Å². The van der Waals surface area contributed by atoms with E-state index in [0.29, 0.717) is 3.57 Å². The van der Waals surface area contributed by atoms with Gasteiger partial charge >= 0.3 is 6.18 Å². The summed E-state index contributed by atoms with van der Waals surface area (Å²) in [7, 11) is 0. The maximum absolute atomic E-state index is 12.5. The fraction of sp³-hybridized carbons (Fsp3) is 0.250. The maximum Gasteiger partial charge on any atom is 0.416 e. The minimum atomic E-state index is -4.43. The molecule has 0 saturated heterocycles.